The minimum absolute atomic E-state index is 0.109. The monoisotopic (exact) mass is 250 g/mol. The normalized spacial score (nSPS) is 13.4. The molecule has 5 nitrogen and oxygen atoms in total. The Morgan fingerprint density at radius 3 is 2.72 bits per heavy atom. The molecule has 1 heterocycles. The van der Waals surface area contributed by atoms with Gasteiger partial charge < -0.3 is 15.8 Å². The largest absolute Gasteiger partial charge is 0.409 e. The molecule has 0 fully saturated rings. The van der Waals surface area contributed by atoms with Crippen LogP contribution in [0, 0.1) is 6.92 Å². The first-order chi connectivity index (χ1) is 8.56. The summed E-state index contributed by atoms with van der Waals surface area (Å²) in [4.78, 5) is 6.57. The highest BCUT2D eigenvalue weighted by molar-refractivity contribution is 6.02. The molecule has 0 aliphatic carbocycles. The molecule has 0 radical (unpaired) electrons. The second kappa shape index (κ2) is 6.23. The predicted octanol–water partition coefficient (Wildman–Crippen LogP) is 2.11. The fourth-order valence-corrected chi connectivity index (χ4v) is 2.02. The first kappa shape index (κ1) is 14.3. The van der Waals surface area contributed by atoms with E-state index < -0.39 is 0 Å². The molecule has 0 bridgehead atoms. The number of amidine groups is 1. The highest BCUT2D eigenvalue weighted by Gasteiger charge is 2.19. The summed E-state index contributed by atoms with van der Waals surface area (Å²) in [5, 5.41) is 12.0. The molecule has 18 heavy (non-hydrogen) atoms. The van der Waals surface area contributed by atoms with Crippen molar-refractivity contribution >= 4 is 11.7 Å². The molecule has 1 aromatic heterocycles. The van der Waals surface area contributed by atoms with Crippen LogP contribution in [0.4, 0.5) is 5.82 Å². The molecule has 0 spiro atoms. The molecule has 0 saturated carbocycles. The van der Waals surface area contributed by atoms with Crippen molar-refractivity contribution in [3.63, 3.8) is 0 Å². The third-order valence-corrected chi connectivity index (χ3v) is 3.24. The van der Waals surface area contributed by atoms with Gasteiger partial charge in [0.1, 0.15) is 5.82 Å². The lowest BCUT2D eigenvalue weighted by Crippen LogP contribution is -2.35. The van der Waals surface area contributed by atoms with Gasteiger partial charge in [-0.2, -0.15) is 0 Å². The lowest BCUT2D eigenvalue weighted by Gasteiger charge is -2.30. The molecule has 1 aromatic rings. The number of pyridine rings is 1. The van der Waals surface area contributed by atoms with Crippen molar-refractivity contribution in [2.24, 2.45) is 10.9 Å². The first-order valence-corrected chi connectivity index (χ1v) is 6.26. The first-order valence-electron chi connectivity index (χ1n) is 6.26. The Morgan fingerprint density at radius 1 is 1.56 bits per heavy atom. The highest BCUT2D eigenvalue weighted by Crippen LogP contribution is 2.23. The molecule has 0 aliphatic rings. The Kier molecular flexibility index (Phi) is 4.95. The minimum Gasteiger partial charge on any atom is -0.409 e. The van der Waals surface area contributed by atoms with Gasteiger partial charge >= 0.3 is 0 Å². The van der Waals surface area contributed by atoms with Gasteiger partial charge in [0.2, 0.25) is 0 Å². The molecule has 5 heteroatoms. The van der Waals surface area contributed by atoms with Crippen LogP contribution in [0.1, 0.15) is 38.3 Å². The van der Waals surface area contributed by atoms with E-state index in [1.165, 1.54) is 0 Å². The quantitative estimate of drug-likeness (QED) is 0.363. The summed E-state index contributed by atoms with van der Waals surface area (Å²) in [6.07, 6.45) is 2.77. The number of nitrogens with two attached hydrogens (primary N) is 1. The number of aromatic nitrogens is 1. The van der Waals surface area contributed by atoms with Crippen LogP contribution in [0.15, 0.2) is 17.4 Å². The van der Waals surface area contributed by atoms with Crippen LogP contribution in [-0.4, -0.2) is 28.6 Å². The number of aryl methyl sites for hydroxylation is 1. The third kappa shape index (κ3) is 2.72. The van der Waals surface area contributed by atoms with Gasteiger partial charge in [-0.05, 0) is 38.8 Å². The lowest BCUT2D eigenvalue weighted by atomic mass is 10.1. The van der Waals surface area contributed by atoms with Crippen molar-refractivity contribution in [3.05, 3.63) is 23.4 Å². The van der Waals surface area contributed by atoms with Crippen molar-refractivity contribution in [1.82, 2.24) is 4.98 Å². The summed E-state index contributed by atoms with van der Waals surface area (Å²) in [6, 6.07) is 2.22. The van der Waals surface area contributed by atoms with Crippen LogP contribution in [-0.2, 0) is 0 Å². The molecule has 1 unspecified atom stereocenters. The second-order valence-corrected chi connectivity index (χ2v) is 4.35. The summed E-state index contributed by atoms with van der Waals surface area (Å²) in [7, 11) is 0. The Labute approximate surface area is 108 Å². The van der Waals surface area contributed by atoms with Crippen LogP contribution in [0.5, 0.6) is 0 Å². The third-order valence-electron chi connectivity index (χ3n) is 3.24. The van der Waals surface area contributed by atoms with Crippen LogP contribution < -0.4 is 10.6 Å². The van der Waals surface area contributed by atoms with Gasteiger partial charge in [0.15, 0.2) is 5.84 Å². The van der Waals surface area contributed by atoms with E-state index >= 15 is 0 Å². The van der Waals surface area contributed by atoms with Gasteiger partial charge in [0.25, 0.3) is 0 Å². The standard InChI is InChI=1S/C13H22N4O/c1-5-10(4)17(6-2)13-11(12(14)16-18)9(3)7-8-15-13/h7-8,10,18H,5-6H2,1-4H3,(H2,14,16). The van der Waals surface area contributed by atoms with Crippen LogP contribution in [0.2, 0.25) is 0 Å². The highest BCUT2D eigenvalue weighted by atomic mass is 16.4. The topological polar surface area (TPSA) is 74.7 Å². The predicted molar refractivity (Wildman–Crippen MR) is 74.3 cm³/mol. The van der Waals surface area contributed by atoms with Crippen molar-refractivity contribution in [2.45, 2.75) is 40.2 Å². The fraction of sp³-hybridized carbons (Fsp3) is 0.538. The van der Waals surface area contributed by atoms with Gasteiger partial charge in [-0.15, -0.1) is 0 Å². The summed E-state index contributed by atoms with van der Waals surface area (Å²) in [6.45, 7) is 9.11. The Hall–Kier alpha value is -1.78. The molecule has 0 saturated heterocycles. The van der Waals surface area contributed by atoms with Gasteiger partial charge in [-0.1, -0.05) is 12.1 Å². The Bertz CT molecular complexity index is 431. The molecular weight excluding hydrogens is 228 g/mol. The zero-order chi connectivity index (χ0) is 13.7. The maximum Gasteiger partial charge on any atom is 0.174 e. The number of rotatable bonds is 5. The number of anilines is 1. The number of hydrogen-bond donors (Lipinski definition) is 2. The summed E-state index contributed by atoms with van der Waals surface area (Å²) >= 11 is 0. The molecule has 0 amide bonds. The van der Waals surface area contributed by atoms with Gasteiger partial charge in [0.05, 0.1) is 5.56 Å². The Morgan fingerprint density at radius 2 is 2.22 bits per heavy atom. The average Bonchev–Trinajstić information content (AvgIpc) is 2.38. The SMILES string of the molecule is CCC(C)N(CC)c1nccc(C)c1/C(N)=N/O. The maximum absolute atomic E-state index is 8.90. The van der Waals surface area contributed by atoms with E-state index in [1.54, 1.807) is 6.20 Å². The number of oxime groups is 1. The maximum atomic E-state index is 8.90. The van der Waals surface area contributed by atoms with Gasteiger partial charge in [-0.25, -0.2) is 4.98 Å². The zero-order valence-corrected chi connectivity index (χ0v) is 11.5. The zero-order valence-electron chi connectivity index (χ0n) is 11.5. The second-order valence-electron chi connectivity index (χ2n) is 4.35. The van der Waals surface area contributed by atoms with E-state index in [-0.39, 0.29) is 5.84 Å². The van der Waals surface area contributed by atoms with Crippen molar-refractivity contribution in [3.8, 4) is 0 Å². The average molecular weight is 250 g/mol. The van der Waals surface area contributed by atoms with Crippen LogP contribution in [0.25, 0.3) is 0 Å². The molecule has 0 aliphatic heterocycles. The van der Waals surface area contributed by atoms with Gasteiger partial charge in [0, 0.05) is 18.8 Å². The van der Waals surface area contributed by atoms with E-state index in [4.69, 9.17) is 10.9 Å². The fourth-order valence-electron chi connectivity index (χ4n) is 2.02. The van der Waals surface area contributed by atoms with E-state index in [9.17, 15) is 0 Å². The lowest BCUT2D eigenvalue weighted by molar-refractivity contribution is 0.318. The number of nitrogens with zero attached hydrogens (tertiary/aromatic N) is 3. The summed E-state index contributed by atoms with van der Waals surface area (Å²) in [5.41, 5.74) is 7.43. The van der Waals surface area contributed by atoms with Crippen LogP contribution in [0.3, 0.4) is 0 Å². The molecule has 100 valence electrons. The van der Waals surface area contributed by atoms with Crippen molar-refractivity contribution in [1.29, 1.82) is 0 Å². The van der Waals surface area contributed by atoms with E-state index in [1.807, 2.05) is 13.0 Å². The smallest absolute Gasteiger partial charge is 0.174 e. The van der Waals surface area contributed by atoms with Crippen molar-refractivity contribution in [2.75, 3.05) is 11.4 Å². The van der Waals surface area contributed by atoms with Gasteiger partial charge in [-0.3, -0.25) is 0 Å². The summed E-state index contributed by atoms with van der Waals surface area (Å²) in [5.74, 6) is 0.888. The van der Waals surface area contributed by atoms with Crippen molar-refractivity contribution < 1.29 is 5.21 Å². The minimum atomic E-state index is 0.109. The summed E-state index contributed by atoms with van der Waals surface area (Å²) < 4.78 is 0. The molecule has 3 N–H and O–H groups in total. The van der Waals surface area contributed by atoms with E-state index in [2.05, 4.69) is 35.8 Å². The molecule has 1 atom stereocenters. The Balaban J connectivity index is 3.34. The van der Waals surface area contributed by atoms with E-state index in [0.717, 1.165) is 24.3 Å². The van der Waals surface area contributed by atoms with Crippen LogP contribution >= 0.6 is 0 Å². The number of hydrogen-bond acceptors (Lipinski definition) is 4. The molecular formula is C13H22N4O. The molecule has 1 rings (SSSR count). The molecule has 0 aromatic carbocycles. The van der Waals surface area contributed by atoms with E-state index in [0.29, 0.717) is 11.6 Å².